The van der Waals surface area contributed by atoms with Crippen LogP contribution in [0.1, 0.15) is 32.8 Å². The summed E-state index contributed by atoms with van der Waals surface area (Å²) in [6.45, 7) is 5.66. The van der Waals surface area contributed by atoms with Gasteiger partial charge in [0.1, 0.15) is 5.60 Å². The molecule has 0 N–H and O–H groups in total. The lowest BCUT2D eigenvalue weighted by atomic mass is 9.97. The molecule has 0 unspecified atom stereocenters. The van der Waals surface area contributed by atoms with Crippen LogP contribution in [0.15, 0.2) is 30.3 Å². The Morgan fingerprint density at radius 1 is 1.27 bits per heavy atom. The van der Waals surface area contributed by atoms with Gasteiger partial charge in [0.05, 0.1) is 12.0 Å². The average Bonchev–Trinajstić information content (AvgIpc) is 2.82. The van der Waals surface area contributed by atoms with Gasteiger partial charge in [-0.3, -0.25) is 4.90 Å². The molecule has 0 radical (unpaired) electrons. The maximum atomic E-state index is 12.2. The molecule has 1 saturated heterocycles. The summed E-state index contributed by atoms with van der Waals surface area (Å²) < 4.78 is 5.30. The van der Waals surface area contributed by atoms with Crippen molar-refractivity contribution in [3.8, 4) is 0 Å². The highest BCUT2D eigenvalue weighted by atomic mass is 16.6. The first kappa shape index (κ1) is 16.3. The van der Waals surface area contributed by atoms with E-state index in [9.17, 15) is 14.7 Å². The van der Waals surface area contributed by atoms with Crippen molar-refractivity contribution < 1.29 is 19.4 Å². The SMILES string of the molecule is CC(C)(C)OC(=O)N1C[C@H](Cc2ccccc2)C[C@H]1C(=O)[O-]. The van der Waals surface area contributed by atoms with E-state index in [2.05, 4.69) is 0 Å². The molecule has 1 amide bonds. The van der Waals surface area contributed by atoms with E-state index in [1.165, 1.54) is 4.90 Å². The van der Waals surface area contributed by atoms with Gasteiger partial charge in [0, 0.05) is 6.54 Å². The molecule has 2 atom stereocenters. The Morgan fingerprint density at radius 2 is 1.91 bits per heavy atom. The van der Waals surface area contributed by atoms with Gasteiger partial charge in [0.25, 0.3) is 0 Å². The van der Waals surface area contributed by atoms with Crippen molar-refractivity contribution >= 4 is 12.1 Å². The molecule has 1 aromatic rings. The number of benzene rings is 1. The molecule has 1 fully saturated rings. The van der Waals surface area contributed by atoms with Crippen LogP contribution >= 0.6 is 0 Å². The minimum absolute atomic E-state index is 0.0952. The molecule has 2 rings (SSSR count). The van der Waals surface area contributed by atoms with Crippen molar-refractivity contribution in [3.05, 3.63) is 35.9 Å². The predicted octanol–water partition coefficient (Wildman–Crippen LogP) is 1.60. The molecule has 1 aliphatic heterocycles. The third kappa shape index (κ3) is 4.23. The summed E-state index contributed by atoms with van der Waals surface area (Å²) in [5.74, 6) is -1.13. The Labute approximate surface area is 130 Å². The standard InChI is InChI=1S/C17H23NO4/c1-17(2,3)22-16(21)18-11-13(10-14(18)15(19)20)9-12-7-5-4-6-8-12/h4-8,13-14H,9-11H2,1-3H3,(H,19,20)/p-1/t13-,14+/m1/s1. The lowest BCUT2D eigenvalue weighted by Gasteiger charge is -2.28. The Bertz CT molecular complexity index is 535. The number of carbonyl (C=O) groups excluding carboxylic acids is 2. The minimum atomic E-state index is -1.22. The van der Waals surface area contributed by atoms with Crippen molar-refractivity contribution in [2.75, 3.05) is 6.54 Å². The second-order valence-corrected chi connectivity index (χ2v) is 6.76. The van der Waals surface area contributed by atoms with Gasteiger partial charge in [-0.25, -0.2) is 4.79 Å². The van der Waals surface area contributed by atoms with Crippen LogP contribution in [0, 0.1) is 5.92 Å². The lowest BCUT2D eigenvalue weighted by Crippen LogP contribution is -2.48. The van der Waals surface area contributed by atoms with Gasteiger partial charge in [0.15, 0.2) is 0 Å². The van der Waals surface area contributed by atoms with E-state index in [-0.39, 0.29) is 5.92 Å². The first-order valence-electron chi connectivity index (χ1n) is 7.50. The number of carboxylic acids is 1. The zero-order chi connectivity index (χ0) is 16.3. The van der Waals surface area contributed by atoms with Gasteiger partial charge in [-0.2, -0.15) is 0 Å². The summed E-state index contributed by atoms with van der Waals surface area (Å²) in [7, 11) is 0. The van der Waals surface area contributed by atoms with E-state index in [0.717, 1.165) is 12.0 Å². The largest absolute Gasteiger partial charge is 0.548 e. The molecule has 0 saturated carbocycles. The zero-order valence-electron chi connectivity index (χ0n) is 13.2. The molecular weight excluding hydrogens is 282 g/mol. The van der Waals surface area contributed by atoms with Crippen LogP contribution in [0.5, 0.6) is 0 Å². The quantitative estimate of drug-likeness (QED) is 0.850. The molecule has 5 heteroatoms. The molecule has 22 heavy (non-hydrogen) atoms. The van der Waals surface area contributed by atoms with Crippen LogP contribution in [0.4, 0.5) is 4.79 Å². The Balaban J connectivity index is 2.06. The number of aliphatic carboxylic acids is 1. The Kier molecular flexibility index (Phi) is 4.74. The fourth-order valence-corrected chi connectivity index (χ4v) is 2.76. The molecule has 0 bridgehead atoms. The summed E-state index contributed by atoms with van der Waals surface area (Å²) >= 11 is 0. The molecule has 1 aromatic carbocycles. The minimum Gasteiger partial charge on any atom is -0.548 e. The van der Waals surface area contributed by atoms with Crippen LogP contribution in [0.25, 0.3) is 0 Å². The fraction of sp³-hybridized carbons (Fsp3) is 0.529. The smallest absolute Gasteiger partial charge is 0.410 e. The van der Waals surface area contributed by atoms with E-state index in [0.29, 0.717) is 13.0 Å². The van der Waals surface area contributed by atoms with Crippen molar-refractivity contribution in [3.63, 3.8) is 0 Å². The van der Waals surface area contributed by atoms with Crippen molar-refractivity contribution in [2.24, 2.45) is 5.92 Å². The number of likely N-dealkylation sites (tertiary alicyclic amines) is 1. The first-order chi connectivity index (χ1) is 10.3. The van der Waals surface area contributed by atoms with Crippen molar-refractivity contribution in [1.29, 1.82) is 0 Å². The fourth-order valence-electron chi connectivity index (χ4n) is 2.76. The molecule has 0 aromatic heterocycles. The number of hydrogen-bond donors (Lipinski definition) is 0. The molecule has 1 heterocycles. The summed E-state index contributed by atoms with van der Waals surface area (Å²) in [5, 5.41) is 11.3. The number of ether oxygens (including phenoxy) is 1. The second-order valence-electron chi connectivity index (χ2n) is 6.76. The van der Waals surface area contributed by atoms with Gasteiger partial charge in [-0.15, -0.1) is 0 Å². The van der Waals surface area contributed by atoms with Crippen LogP contribution in [-0.2, 0) is 16.0 Å². The number of hydrogen-bond acceptors (Lipinski definition) is 4. The number of carbonyl (C=O) groups is 2. The third-order valence-electron chi connectivity index (χ3n) is 3.65. The van der Waals surface area contributed by atoms with E-state index in [1.54, 1.807) is 20.8 Å². The number of nitrogens with zero attached hydrogens (tertiary/aromatic N) is 1. The number of amides is 1. The number of carboxylic acid groups (broad SMARTS) is 1. The third-order valence-corrected chi connectivity index (χ3v) is 3.65. The number of rotatable bonds is 3. The summed E-state index contributed by atoms with van der Waals surface area (Å²) in [6.07, 6.45) is 0.553. The van der Waals surface area contributed by atoms with E-state index in [1.807, 2.05) is 30.3 Å². The Morgan fingerprint density at radius 3 is 2.45 bits per heavy atom. The lowest BCUT2D eigenvalue weighted by molar-refractivity contribution is -0.310. The van der Waals surface area contributed by atoms with E-state index >= 15 is 0 Å². The molecule has 0 aliphatic carbocycles. The molecule has 120 valence electrons. The summed E-state index contributed by atoms with van der Waals surface area (Å²) in [4.78, 5) is 24.8. The highest BCUT2D eigenvalue weighted by molar-refractivity contribution is 5.79. The molecular formula is C17H22NO4-. The summed E-state index contributed by atoms with van der Waals surface area (Å²) in [5.41, 5.74) is 0.487. The van der Waals surface area contributed by atoms with E-state index < -0.39 is 23.7 Å². The van der Waals surface area contributed by atoms with E-state index in [4.69, 9.17) is 4.74 Å². The van der Waals surface area contributed by atoms with Crippen molar-refractivity contribution in [2.45, 2.75) is 45.3 Å². The molecule has 0 spiro atoms. The average molecular weight is 304 g/mol. The van der Waals surface area contributed by atoms with Gasteiger partial charge in [-0.1, -0.05) is 30.3 Å². The highest BCUT2D eigenvalue weighted by Crippen LogP contribution is 2.27. The maximum Gasteiger partial charge on any atom is 0.410 e. The molecule has 1 aliphatic rings. The maximum absolute atomic E-state index is 12.2. The van der Waals surface area contributed by atoms with Crippen molar-refractivity contribution in [1.82, 2.24) is 4.90 Å². The zero-order valence-corrected chi connectivity index (χ0v) is 13.2. The monoisotopic (exact) mass is 304 g/mol. The van der Waals surface area contributed by atoms with Crippen LogP contribution in [-0.4, -0.2) is 35.2 Å². The Hall–Kier alpha value is -2.04. The summed E-state index contributed by atoms with van der Waals surface area (Å²) in [6, 6.07) is 8.94. The van der Waals surface area contributed by atoms with Crippen LogP contribution in [0.2, 0.25) is 0 Å². The highest BCUT2D eigenvalue weighted by Gasteiger charge is 2.38. The van der Waals surface area contributed by atoms with Crippen LogP contribution < -0.4 is 5.11 Å². The molecule has 5 nitrogen and oxygen atoms in total. The topological polar surface area (TPSA) is 69.7 Å². The normalized spacial score (nSPS) is 21.7. The van der Waals surface area contributed by atoms with Gasteiger partial charge in [0.2, 0.25) is 0 Å². The van der Waals surface area contributed by atoms with Gasteiger partial charge in [-0.05, 0) is 45.1 Å². The van der Waals surface area contributed by atoms with Gasteiger partial charge < -0.3 is 14.6 Å². The van der Waals surface area contributed by atoms with Gasteiger partial charge >= 0.3 is 6.09 Å². The first-order valence-corrected chi connectivity index (χ1v) is 7.50. The predicted molar refractivity (Wildman–Crippen MR) is 80.0 cm³/mol. The van der Waals surface area contributed by atoms with Crippen LogP contribution in [0.3, 0.4) is 0 Å². The second kappa shape index (κ2) is 6.38.